The van der Waals surface area contributed by atoms with Gasteiger partial charge >= 0.3 is 0 Å². The fourth-order valence-electron chi connectivity index (χ4n) is 14.4. The van der Waals surface area contributed by atoms with E-state index in [0.717, 1.165) is 49.9 Å². The number of hydrogen-bond donors (Lipinski definition) is 2. The Morgan fingerprint density at radius 3 is 2.28 bits per heavy atom. The highest BCUT2D eigenvalue weighted by Gasteiger charge is 2.62. The molecular formula is C43H57NO2. The summed E-state index contributed by atoms with van der Waals surface area (Å²) < 4.78 is 0. The normalized spacial score (nSPS) is 47.8. The molecule has 11 atom stereocenters. The average molecular weight is 620 g/mol. The fourth-order valence-corrected chi connectivity index (χ4v) is 14.4. The minimum absolute atomic E-state index is 0.140. The van der Waals surface area contributed by atoms with Crippen LogP contribution in [0.25, 0.3) is 5.57 Å². The lowest BCUT2D eigenvalue weighted by molar-refractivity contribution is -0.0382. The second-order valence-corrected chi connectivity index (χ2v) is 18.1. The number of allylic oxidation sites excluding steroid dienone is 6. The summed E-state index contributed by atoms with van der Waals surface area (Å²) in [5.41, 5.74) is 10.0. The van der Waals surface area contributed by atoms with Crippen LogP contribution < -0.4 is 0 Å². The third-order valence-electron chi connectivity index (χ3n) is 16.7. The van der Waals surface area contributed by atoms with Gasteiger partial charge in [-0.05, 0) is 170 Å². The van der Waals surface area contributed by atoms with Crippen molar-refractivity contribution in [1.29, 1.82) is 0 Å². The van der Waals surface area contributed by atoms with Crippen LogP contribution >= 0.6 is 0 Å². The van der Waals surface area contributed by atoms with Crippen LogP contribution in [0.15, 0.2) is 65.0 Å². The summed E-state index contributed by atoms with van der Waals surface area (Å²) in [7, 11) is 0. The zero-order chi connectivity index (χ0) is 31.5. The summed E-state index contributed by atoms with van der Waals surface area (Å²) >= 11 is 0. The van der Waals surface area contributed by atoms with Crippen LogP contribution in [0.3, 0.4) is 0 Å². The lowest BCUT2D eigenvalue weighted by atomic mass is 9.47. The van der Waals surface area contributed by atoms with Gasteiger partial charge in [0.25, 0.3) is 0 Å². The predicted molar refractivity (Wildman–Crippen MR) is 185 cm³/mol. The molecule has 0 aromatic carbocycles. The van der Waals surface area contributed by atoms with E-state index in [1.165, 1.54) is 75.3 Å². The van der Waals surface area contributed by atoms with Crippen LogP contribution in [0.5, 0.6) is 0 Å². The topological polar surface area (TPSA) is 53.4 Å². The molecule has 4 fully saturated rings. The van der Waals surface area contributed by atoms with E-state index in [-0.39, 0.29) is 29.0 Å². The van der Waals surface area contributed by atoms with Gasteiger partial charge in [-0.1, -0.05) is 62.6 Å². The van der Waals surface area contributed by atoms with Gasteiger partial charge in [-0.15, -0.1) is 0 Å². The molecule has 8 aliphatic carbocycles. The SMILES string of the molecule is C[C@]12CC[C@H](O)CC1=CC[C@@H]1[C@@H]2CC[C@]2(C)C(C3=C(c4cccnc4)[C@@]4(CO)CC[C@H]5[C@@H](CC=C6CCCC[C@@]65C)[C@@H]4C3)=CC[C@@H]12. The number of aliphatic hydroxyl groups is 2. The Kier molecular flexibility index (Phi) is 6.88. The van der Waals surface area contributed by atoms with Gasteiger partial charge in [0, 0.05) is 17.8 Å². The van der Waals surface area contributed by atoms with E-state index in [9.17, 15) is 10.2 Å². The molecule has 0 unspecified atom stereocenters. The molecule has 0 bridgehead atoms. The average Bonchev–Trinajstić information content (AvgIpc) is 3.60. The van der Waals surface area contributed by atoms with Crippen molar-refractivity contribution in [3.05, 3.63) is 70.6 Å². The van der Waals surface area contributed by atoms with Gasteiger partial charge in [0.1, 0.15) is 0 Å². The highest BCUT2D eigenvalue weighted by molar-refractivity contribution is 5.80. The minimum Gasteiger partial charge on any atom is -0.395 e. The number of hydrogen-bond acceptors (Lipinski definition) is 3. The molecule has 1 heterocycles. The zero-order valence-corrected chi connectivity index (χ0v) is 28.7. The highest BCUT2D eigenvalue weighted by Crippen LogP contribution is 2.72. The lowest BCUT2D eigenvalue weighted by Crippen LogP contribution is -2.50. The van der Waals surface area contributed by atoms with Crippen LogP contribution in [-0.2, 0) is 0 Å². The first-order valence-electron chi connectivity index (χ1n) is 19.3. The van der Waals surface area contributed by atoms with Crippen molar-refractivity contribution in [1.82, 2.24) is 4.98 Å². The van der Waals surface area contributed by atoms with Crippen molar-refractivity contribution in [2.75, 3.05) is 6.61 Å². The Morgan fingerprint density at radius 1 is 0.761 bits per heavy atom. The first-order valence-corrected chi connectivity index (χ1v) is 19.3. The molecule has 8 aliphatic rings. The molecule has 0 aliphatic heterocycles. The summed E-state index contributed by atoms with van der Waals surface area (Å²) in [6.45, 7) is 8.07. The highest BCUT2D eigenvalue weighted by atomic mass is 16.3. The summed E-state index contributed by atoms with van der Waals surface area (Å²) in [6.07, 6.45) is 29.9. The molecule has 46 heavy (non-hydrogen) atoms. The summed E-state index contributed by atoms with van der Waals surface area (Å²) in [6, 6.07) is 4.42. The van der Waals surface area contributed by atoms with Crippen LogP contribution in [0.2, 0.25) is 0 Å². The van der Waals surface area contributed by atoms with Crippen molar-refractivity contribution in [2.45, 2.75) is 123 Å². The number of nitrogens with zero attached hydrogens (tertiary/aromatic N) is 1. The smallest absolute Gasteiger partial charge is 0.0577 e. The number of pyridine rings is 1. The maximum atomic E-state index is 11.6. The number of aromatic nitrogens is 1. The molecule has 246 valence electrons. The van der Waals surface area contributed by atoms with Gasteiger partial charge in [0.15, 0.2) is 0 Å². The number of fused-ring (bicyclic) bond motifs is 10. The zero-order valence-electron chi connectivity index (χ0n) is 28.7. The van der Waals surface area contributed by atoms with E-state index in [0.29, 0.717) is 23.2 Å². The third-order valence-corrected chi connectivity index (χ3v) is 16.7. The van der Waals surface area contributed by atoms with E-state index in [1.54, 1.807) is 22.3 Å². The van der Waals surface area contributed by atoms with Crippen molar-refractivity contribution in [3.63, 3.8) is 0 Å². The number of rotatable bonds is 3. The van der Waals surface area contributed by atoms with Gasteiger partial charge in [-0.3, -0.25) is 4.98 Å². The van der Waals surface area contributed by atoms with E-state index in [4.69, 9.17) is 0 Å². The van der Waals surface area contributed by atoms with Crippen LogP contribution in [0, 0.1) is 57.2 Å². The van der Waals surface area contributed by atoms with E-state index in [2.05, 4.69) is 62.3 Å². The first kappa shape index (κ1) is 30.1. The second kappa shape index (κ2) is 10.5. The molecule has 9 rings (SSSR count). The van der Waals surface area contributed by atoms with Crippen molar-refractivity contribution < 1.29 is 10.2 Å². The van der Waals surface area contributed by atoms with Crippen LogP contribution in [0.4, 0.5) is 0 Å². The molecule has 0 radical (unpaired) electrons. The van der Waals surface area contributed by atoms with Crippen LogP contribution in [-0.4, -0.2) is 27.9 Å². The molecule has 1 aromatic rings. The summed E-state index contributed by atoms with van der Waals surface area (Å²) in [4.78, 5) is 4.67. The number of aliphatic hydroxyl groups excluding tert-OH is 2. The minimum atomic E-state index is -0.165. The maximum Gasteiger partial charge on any atom is 0.0577 e. The molecular weight excluding hydrogens is 562 g/mol. The van der Waals surface area contributed by atoms with E-state index in [1.807, 2.05) is 6.20 Å². The predicted octanol–water partition coefficient (Wildman–Crippen LogP) is 9.63. The van der Waals surface area contributed by atoms with Gasteiger partial charge in [-0.2, -0.15) is 0 Å². The second-order valence-electron chi connectivity index (χ2n) is 18.1. The largest absolute Gasteiger partial charge is 0.395 e. The summed E-state index contributed by atoms with van der Waals surface area (Å²) in [5, 5.41) is 22.1. The molecule has 0 amide bonds. The molecule has 4 saturated carbocycles. The molecule has 2 N–H and O–H groups in total. The third kappa shape index (κ3) is 3.94. The standard InChI is InChI=1S/C43H57NO2/c1-40-18-5-4-8-28(40)9-11-32-37(40)17-21-43(26-45)38(32)24-33(39(43)27-7-6-22-44-25-27)35-14-13-34-31-12-10-29-23-30(46)15-19-41(29,2)36(31)16-20-42(34,35)3/h6-7,9-10,14,22,25,30-32,34,36-38,45-46H,4-5,8,11-13,15-21,23-24,26H2,1-3H3/t30-,31-,32+,34-,36-,37-,38-,40-,41-,42-,43+/m0/s1. The molecule has 1 aromatic heterocycles. The molecule has 0 spiro atoms. The van der Waals surface area contributed by atoms with E-state index >= 15 is 0 Å². The molecule has 3 heteroatoms. The maximum absolute atomic E-state index is 11.6. The molecule has 0 saturated heterocycles. The fraction of sp³-hybridized carbons (Fsp3) is 0.698. The monoisotopic (exact) mass is 619 g/mol. The van der Waals surface area contributed by atoms with Crippen molar-refractivity contribution in [3.8, 4) is 0 Å². The Bertz CT molecular complexity index is 1530. The quantitative estimate of drug-likeness (QED) is 0.331. The Hall–Kier alpha value is -1.97. The van der Waals surface area contributed by atoms with Crippen LogP contribution in [0.1, 0.15) is 123 Å². The Morgan fingerprint density at radius 2 is 1.50 bits per heavy atom. The molecule has 3 nitrogen and oxygen atoms in total. The van der Waals surface area contributed by atoms with Gasteiger partial charge in [0.2, 0.25) is 0 Å². The van der Waals surface area contributed by atoms with Crippen molar-refractivity contribution in [2.24, 2.45) is 57.2 Å². The lowest BCUT2D eigenvalue weighted by Gasteiger charge is -2.58. The Labute approximate surface area is 277 Å². The summed E-state index contributed by atoms with van der Waals surface area (Å²) in [5.74, 6) is 4.07. The first-order chi connectivity index (χ1) is 22.2. The van der Waals surface area contributed by atoms with Crippen molar-refractivity contribution >= 4 is 5.57 Å². The van der Waals surface area contributed by atoms with Gasteiger partial charge < -0.3 is 10.2 Å². The van der Waals surface area contributed by atoms with Gasteiger partial charge in [0.05, 0.1) is 12.7 Å². The Balaban J connectivity index is 1.11. The van der Waals surface area contributed by atoms with Gasteiger partial charge in [-0.25, -0.2) is 0 Å². The van der Waals surface area contributed by atoms with E-state index < -0.39 is 0 Å².